The topological polar surface area (TPSA) is 111 Å². The van der Waals surface area contributed by atoms with Crippen LogP contribution in [0.2, 0.25) is 0 Å². The third kappa shape index (κ3) is 5.50. The van der Waals surface area contributed by atoms with Gasteiger partial charge in [0.1, 0.15) is 5.69 Å². The van der Waals surface area contributed by atoms with Gasteiger partial charge >= 0.3 is 5.69 Å². The van der Waals surface area contributed by atoms with E-state index in [2.05, 4.69) is 17.5 Å². The molecule has 0 radical (unpaired) electrons. The van der Waals surface area contributed by atoms with Crippen molar-refractivity contribution in [3.05, 3.63) is 38.4 Å². The Morgan fingerprint density at radius 1 is 1.08 bits per heavy atom. The molecule has 8 heteroatoms. The first-order valence-corrected chi connectivity index (χ1v) is 9.28. The summed E-state index contributed by atoms with van der Waals surface area (Å²) in [7, 11) is 0. The SMILES string of the molecule is CCC1CCCCCCCC/C1=N/Nc1ccc([N+](=O)[O-])cc1[N+](=O)[O-]. The van der Waals surface area contributed by atoms with E-state index in [-0.39, 0.29) is 17.1 Å². The quantitative estimate of drug-likeness (QED) is 0.554. The zero-order valence-electron chi connectivity index (χ0n) is 15.1. The number of anilines is 1. The number of hydrogen-bond donors (Lipinski definition) is 1. The van der Waals surface area contributed by atoms with E-state index in [1.807, 2.05) is 0 Å². The molecular weight excluding hydrogens is 336 g/mol. The summed E-state index contributed by atoms with van der Waals surface area (Å²) in [5.41, 5.74) is 3.38. The summed E-state index contributed by atoms with van der Waals surface area (Å²) in [6.45, 7) is 2.14. The summed E-state index contributed by atoms with van der Waals surface area (Å²) in [5.74, 6) is 0.373. The van der Waals surface area contributed by atoms with E-state index in [0.717, 1.165) is 37.5 Å². The van der Waals surface area contributed by atoms with Crippen molar-refractivity contribution in [2.75, 3.05) is 5.43 Å². The fourth-order valence-corrected chi connectivity index (χ4v) is 3.37. The Kier molecular flexibility index (Phi) is 7.50. The van der Waals surface area contributed by atoms with Crippen LogP contribution in [-0.2, 0) is 0 Å². The van der Waals surface area contributed by atoms with Crippen molar-refractivity contribution in [1.29, 1.82) is 0 Å². The highest BCUT2D eigenvalue weighted by Gasteiger charge is 2.20. The molecule has 1 aliphatic carbocycles. The molecule has 0 aromatic heterocycles. The summed E-state index contributed by atoms with van der Waals surface area (Å²) in [6, 6.07) is 3.56. The maximum Gasteiger partial charge on any atom is 0.301 e. The average molecular weight is 362 g/mol. The molecular formula is C18H26N4O4. The highest BCUT2D eigenvalue weighted by Crippen LogP contribution is 2.29. The van der Waals surface area contributed by atoms with Crippen molar-refractivity contribution in [2.24, 2.45) is 11.0 Å². The first kappa shape index (κ1) is 19.8. The van der Waals surface area contributed by atoms with Crippen LogP contribution in [-0.4, -0.2) is 15.6 Å². The number of nitro groups is 2. The highest BCUT2D eigenvalue weighted by molar-refractivity contribution is 5.87. The smallest absolute Gasteiger partial charge is 0.272 e. The lowest BCUT2D eigenvalue weighted by Crippen LogP contribution is -2.17. The molecule has 2 rings (SSSR count). The largest absolute Gasteiger partial charge is 0.301 e. The lowest BCUT2D eigenvalue weighted by Gasteiger charge is -2.19. The Balaban J connectivity index is 2.23. The lowest BCUT2D eigenvalue weighted by molar-refractivity contribution is -0.393. The summed E-state index contributed by atoms with van der Waals surface area (Å²) in [5, 5.41) is 26.6. The van der Waals surface area contributed by atoms with E-state index < -0.39 is 9.85 Å². The highest BCUT2D eigenvalue weighted by atomic mass is 16.6. The van der Waals surface area contributed by atoms with Crippen molar-refractivity contribution < 1.29 is 9.85 Å². The molecule has 142 valence electrons. The molecule has 0 amide bonds. The summed E-state index contributed by atoms with van der Waals surface area (Å²) < 4.78 is 0. The number of nitrogens with one attached hydrogen (secondary N) is 1. The first-order chi connectivity index (χ1) is 12.5. The minimum atomic E-state index is -0.642. The number of hydrogen-bond acceptors (Lipinski definition) is 6. The number of hydrazone groups is 1. The second-order valence-electron chi connectivity index (χ2n) is 6.70. The van der Waals surface area contributed by atoms with Crippen molar-refractivity contribution >= 4 is 22.8 Å². The first-order valence-electron chi connectivity index (χ1n) is 9.28. The van der Waals surface area contributed by atoms with Gasteiger partial charge in [-0.3, -0.25) is 25.7 Å². The number of benzene rings is 1. The van der Waals surface area contributed by atoms with Gasteiger partial charge in [-0.1, -0.05) is 39.0 Å². The molecule has 26 heavy (non-hydrogen) atoms. The fraction of sp³-hybridized carbons (Fsp3) is 0.611. The molecule has 1 atom stereocenters. The average Bonchev–Trinajstić information content (AvgIpc) is 2.63. The van der Waals surface area contributed by atoms with E-state index in [4.69, 9.17) is 0 Å². The van der Waals surface area contributed by atoms with Gasteiger partial charge in [0.2, 0.25) is 0 Å². The van der Waals surface area contributed by atoms with E-state index in [9.17, 15) is 20.2 Å². The molecule has 8 nitrogen and oxygen atoms in total. The second-order valence-corrected chi connectivity index (χ2v) is 6.70. The van der Waals surface area contributed by atoms with Crippen LogP contribution in [0.5, 0.6) is 0 Å². The van der Waals surface area contributed by atoms with E-state index in [1.165, 1.54) is 44.2 Å². The minimum Gasteiger partial charge on any atom is -0.272 e. The molecule has 0 heterocycles. The van der Waals surface area contributed by atoms with Gasteiger partial charge in [-0.25, -0.2) is 0 Å². The summed E-state index contributed by atoms with van der Waals surface area (Å²) >= 11 is 0. The van der Waals surface area contributed by atoms with Crippen LogP contribution in [0.15, 0.2) is 23.3 Å². The number of nitro benzene ring substituents is 2. The predicted molar refractivity (Wildman–Crippen MR) is 102 cm³/mol. The minimum absolute atomic E-state index is 0.181. The Labute approximate surface area is 153 Å². The molecule has 0 spiro atoms. The van der Waals surface area contributed by atoms with Gasteiger partial charge in [0.25, 0.3) is 5.69 Å². The standard InChI is InChI=1S/C18H26N4O4/c1-2-14-9-7-5-3-4-6-8-10-16(14)19-20-17-12-11-15(21(23)24)13-18(17)22(25)26/h11-14,20H,2-10H2,1H3/b19-16-. The van der Waals surface area contributed by atoms with Gasteiger partial charge in [-0.15, -0.1) is 0 Å². The third-order valence-electron chi connectivity index (χ3n) is 4.91. The Bertz CT molecular complexity index is 675. The summed E-state index contributed by atoms with van der Waals surface area (Å²) in [4.78, 5) is 20.8. The predicted octanol–water partition coefficient (Wildman–Crippen LogP) is 5.43. The van der Waals surface area contributed by atoms with Crippen LogP contribution < -0.4 is 5.43 Å². The van der Waals surface area contributed by atoms with Crippen molar-refractivity contribution in [3.63, 3.8) is 0 Å². The van der Waals surface area contributed by atoms with Crippen LogP contribution in [0.1, 0.15) is 64.7 Å². The van der Waals surface area contributed by atoms with Crippen molar-refractivity contribution in [2.45, 2.75) is 64.7 Å². The Morgan fingerprint density at radius 2 is 1.77 bits per heavy atom. The molecule has 1 saturated carbocycles. The monoisotopic (exact) mass is 362 g/mol. The van der Waals surface area contributed by atoms with Crippen LogP contribution in [0.3, 0.4) is 0 Å². The van der Waals surface area contributed by atoms with E-state index in [1.54, 1.807) is 0 Å². The van der Waals surface area contributed by atoms with Gasteiger partial charge in [0.05, 0.1) is 15.9 Å². The normalized spacial score (nSPS) is 20.5. The van der Waals surface area contributed by atoms with Crippen LogP contribution in [0.25, 0.3) is 0 Å². The van der Waals surface area contributed by atoms with Gasteiger partial charge in [-0.2, -0.15) is 5.10 Å². The van der Waals surface area contributed by atoms with Crippen molar-refractivity contribution in [3.8, 4) is 0 Å². The number of rotatable bonds is 5. The third-order valence-corrected chi connectivity index (χ3v) is 4.91. The Morgan fingerprint density at radius 3 is 2.42 bits per heavy atom. The second kappa shape index (κ2) is 9.84. The summed E-state index contributed by atoms with van der Waals surface area (Å²) in [6.07, 6.45) is 10.1. The maximum atomic E-state index is 11.2. The molecule has 1 aromatic rings. The van der Waals surface area contributed by atoms with Crippen molar-refractivity contribution in [1.82, 2.24) is 0 Å². The lowest BCUT2D eigenvalue weighted by atomic mass is 9.89. The zero-order chi connectivity index (χ0) is 18.9. The molecule has 0 aliphatic heterocycles. The molecule has 1 aromatic carbocycles. The molecule has 1 unspecified atom stereocenters. The molecule has 0 saturated heterocycles. The number of nitrogens with zero attached hydrogens (tertiary/aromatic N) is 3. The van der Waals surface area contributed by atoms with Gasteiger partial charge < -0.3 is 0 Å². The van der Waals surface area contributed by atoms with Gasteiger partial charge in [-0.05, 0) is 37.7 Å². The van der Waals surface area contributed by atoms with Crippen LogP contribution >= 0.6 is 0 Å². The number of non-ortho nitro benzene ring substituents is 1. The van der Waals surface area contributed by atoms with Gasteiger partial charge in [0, 0.05) is 11.8 Å². The molecule has 1 aliphatic rings. The van der Waals surface area contributed by atoms with Crippen LogP contribution in [0.4, 0.5) is 17.1 Å². The molecule has 1 fully saturated rings. The van der Waals surface area contributed by atoms with E-state index in [0.29, 0.717) is 5.92 Å². The zero-order valence-corrected chi connectivity index (χ0v) is 15.1. The fourth-order valence-electron chi connectivity index (χ4n) is 3.37. The van der Waals surface area contributed by atoms with Gasteiger partial charge in [0.15, 0.2) is 0 Å². The molecule has 0 bridgehead atoms. The maximum absolute atomic E-state index is 11.2. The van der Waals surface area contributed by atoms with E-state index >= 15 is 0 Å². The van der Waals surface area contributed by atoms with Crippen LogP contribution in [0, 0.1) is 26.1 Å². The molecule has 1 N–H and O–H groups in total. The Hall–Kier alpha value is -2.51.